The van der Waals surface area contributed by atoms with Crippen LogP contribution < -0.4 is 0 Å². The highest BCUT2D eigenvalue weighted by Gasteiger charge is 2.24. The van der Waals surface area contributed by atoms with Crippen LogP contribution in [-0.4, -0.2) is 30.1 Å². The molecule has 1 aliphatic heterocycles. The second-order valence-electron chi connectivity index (χ2n) is 4.09. The van der Waals surface area contributed by atoms with Crippen molar-refractivity contribution in [2.75, 3.05) is 6.54 Å². The van der Waals surface area contributed by atoms with E-state index in [1.807, 2.05) is 16.9 Å². The van der Waals surface area contributed by atoms with E-state index < -0.39 is 0 Å². The van der Waals surface area contributed by atoms with Crippen LogP contribution in [0.4, 0.5) is 0 Å². The molecule has 1 heterocycles. The van der Waals surface area contributed by atoms with Crippen LogP contribution in [-0.2, 0) is 17.8 Å². The van der Waals surface area contributed by atoms with Crippen molar-refractivity contribution in [1.29, 1.82) is 0 Å². The molecule has 0 amide bonds. The van der Waals surface area contributed by atoms with Crippen LogP contribution in [0.5, 0.6) is 0 Å². The van der Waals surface area contributed by atoms with Crippen LogP contribution >= 0.6 is 0 Å². The van der Waals surface area contributed by atoms with Crippen LogP contribution in [0.3, 0.4) is 0 Å². The Labute approximate surface area is 96.3 Å². The van der Waals surface area contributed by atoms with Crippen molar-refractivity contribution >= 4 is 13.6 Å². The van der Waals surface area contributed by atoms with E-state index >= 15 is 0 Å². The summed E-state index contributed by atoms with van der Waals surface area (Å²) < 4.78 is 0. The van der Waals surface area contributed by atoms with Gasteiger partial charge in [0, 0.05) is 6.04 Å². The van der Waals surface area contributed by atoms with E-state index in [0.29, 0.717) is 0 Å². The van der Waals surface area contributed by atoms with Gasteiger partial charge in [0.05, 0.1) is 12.8 Å². The second-order valence-corrected chi connectivity index (χ2v) is 4.09. The van der Waals surface area contributed by atoms with E-state index in [2.05, 4.69) is 13.0 Å². The molecule has 1 aromatic carbocycles. The lowest BCUT2D eigenvalue weighted by molar-refractivity contribution is 0.276. The highest BCUT2D eigenvalue weighted by atomic mass is 16.3. The van der Waals surface area contributed by atoms with E-state index in [9.17, 15) is 9.90 Å². The lowest BCUT2D eigenvalue weighted by atomic mass is 9.82. The van der Waals surface area contributed by atoms with Crippen molar-refractivity contribution in [1.82, 2.24) is 4.81 Å². The summed E-state index contributed by atoms with van der Waals surface area (Å²) in [6.07, 6.45) is 1.72. The molecule has 0 saturated heterocycles. The number of benzene rings is 1. The Bertz CT molecular complexity index is 395. The van der Waals surface area contributed by atoms with Crippen LogP contribution in [0.15, 0.2) is 18.2 Å². The summed E-state index contributed by atoms with van der Waals surface area (Å²) in [4.78, 5) is 12.6. The Morgan fingerprint density at radius 2 is 2.44 bits per heavy atom. The quantitative estimate of drug-likeness (QED) is 0.603. The molecule has 1 N–H and O–H groups in total. The van der Waals surface area contributed by atoms with Crippen molar-refractivity contribution < 1.29 is 9.90 Å². The molecule has 16 heavy (non-hydrogen) atoms. The van der Waals surface area contributed by atoms with Crippen LogP contribution in [0.2, 0.25) is 0 Å². The summed E-state index contributed by atoms with van der Waals surface area (Å²) in [6, 6.07) is 6.21. The third-order valence-corrected chi connectivity index (χ3v) is 3.30. The van der Waals surface area contributed by atoms with Crippen molar-refractivity contribution in [3.05, 3.63) is 34.9 Å². The van der Waals surface area contributed by atoms with E-state index in [0.717, 1.165) is 24.7 Å². The molecule has 3 nitrogen and oxygen atoms in total. The number of aliphatic hydroxyl groups is 1. The summed E-state index contributed by atoms with van der Waals surface area (Å²) in [6.45, 7) is 3.01. The summed E-state index contributed by atoms with van der Waals surface area (Å²) >= 11 is 0. The number of hydrogen-bond acceptors (Lipinski definition) is 3. The van der Waals surface area contributed by atoms with Gasteiger partial charge in [-0.1, -0.05) is 18.2 Å². The van der Waals surface area contributed by atoms with Gasteiger partial charge in [0.25, 0.3) is 7.41 Å². The summed E-state index contributed by atoms with van der Waals surface area (Å²) in [5, 5.41) is 9.27. The van der Waals surface area contributed by atoms with Gasteiger partial charge in [-0.3, -0.25) is 0 Å². The molecule has 0 aliphatic carbocycles. The number of carbonyl (C=O) groups excluding carboxylic acids is 1. The predicted octanol–water partition coefficient (Wildman–Crippen LogP) is 0.907. The van der Waals surface area contributed by atoms with Gasteiger partial charge in [-0.25, -0.2) is 0 Å². The maximum absolute atomic E-state index is 10.5. The molecule has 0 saturated carbocycles. The zero-order valence-corrected chi connectivity index (χ0v) is 9.39. The molecule has 1 atom stereocenters. The number of rotatable bonds is 3. The van der Waals surface area contributed by atoms with Gasteiger partial charge in [0.2, 0.25) is 0 Å². The Hall–Kier alpha value is -1.13. The molecular weight excluding hydrogens is 201 g/mol. The largest absolute Gasteiger partial charge is 0.392 e. The highest BCUT2D eigenvalue weighted by molar-refractivity contribution is 6.64. The topological polar surface area (TPSA) is 40.5 Å². The van der Waals surface area contributed by atoms with Gasteiger partial charge < -0.3 is 14.7 Å². The number of aliphatic hydroxyl groups excluding tert-OH is 1. The van der Waals surface area contributed by atoms with E-state index in [-0.39, 0.29) is 12.6 Å². The zero-order chi connectivity index (χ0) is 11.5. The Kier molecular flexibility index (Phi) is 3.41. The normalized spacial score (nSPS) is 20.2. The predicted molar refractivity (Wildman–Crippen MR) is 63.7 cm³/mol. The molecule has 0 aromatic heterocycles. The summed E-state index contributed by atoms with van der Waals surface area (Å²) in [5.74, 6) is 0. The van der Waals surface area contributed by atoms with Crippen LogP contribution in [0, 0.1) is 0 Å². The van der Waals surface area contributed by atoms with Gasteiger partial charge in [-0.05, 0) is 36.6 Å². The maximum Gasteiger partial charge on any atom is 0.293 e. The first-order chi connectivity index (χ1) is 7.77. The number of hydrogen-bond donors (Lipinski definition) is 1. The summed E-state index contributed by atoms with van der Waals surface area (Å²) in [7, 11) is 1.60. The number of nitrogens with zero attached hydrogens (tertiary/aromatic N) is 1. The first-order valence-corrected chi connectivity index (χ1v) is 5.54. The minimum atomic E-state index is 0.0906. The lowest BCUT2D eigenvalue weighted by Gasteiger charge is -2.34. The fourth-order valence-corrected chi connectivity index (χ4v) is 2.39. The molecule has 1 aromatic rings. The Balaban J connectivity index is 2.34. The van der Waals surface area contributed by atoms with Gasteiger partial charge >= 0.3 is 0 Å². The fraction of sp³-hybridized carbons (Fsp3) is 0.417. The lowest BCUT2D eigenvalue weighted by Crippen LogP contribution is -2.37. The monoisotopic (exact) mass is 216 g/mol. The van der Waals surface area contributed by atoms with Gasteiger partial charge in [0.1, 0.15) is 0 Å². The van der Waals surface area contributed by atoms with Crippen LogP contribution in [0.25, 0.3) is 0 Å². The van der Waals surface area contributed by atoms with E-state index in [1.165, 1.54) is 11.1 Å². The number of fused-ring (bicyclic) bond motifs is 1. The molecule has 0 spiro atoms. The molecule has 0 unspecified atom stereocenters. The fourth-order valence-electron chi connectivity index (χ4n) is 2.39. The SMILES string of the molecule is C[C@H]1c2cccc(CO)c2CCN1[B]C=O. The molecule has 4 heteroatoms. The average Bonchev–Trinajstić information content (AvgIpc) is 2.32. The van der Waals surface area contributed by atoms with Crippen molar-refractivity contribution in [2.45, 2.75) is 26.0 Å². The zero-order valence-electron chi connectivity index (χ0n) is 9.39. The highest BCUT2D eigenvalue weighted by Crippen LogP contribution is 2.30. The van der Waals surface area contributed by atoms with Crippen molar-refractivity contribution in [2.24, 2.45) is 0 Å². The van der Waals surface area contributed by atoms with Gasteiger partial charge in [-0.2, -0.15) is 0 Å². The van der Waals surface area contributed by atoms with Gasteiger partial charge in [-0.15, -0.1) is 0 Å². The first-order valence-electron chi connectivity index (χ1n) is 5.54. The minimum absolute atomic E-state index is 0.0906. The third kappa shape index (κ3) is 1.90. The minimum Gasteiger partial charge on any atom is -0.392 e. The van der Waals surface area contributed by atoms with Gasteiger partial charge in [0.15, 0.2) is 0 Å². The standard InChI is InChI=1S/C12H15BNO2/c1-9-11-4-2-3-10(7-15)12(11)5-6-14(9)13-8-16/h2-4,8-9,15H,5-7H2,1H3/t9-/m0/s1. The third-order valence-electron chi connectivity index (χ3n) is 3.30. The van der Waals surface area contributed by atoms with Crippen molar-refractivity contribution in [3.8, 4) is 0 Å². The molecule has 1 radical (unpaired) electrons. The van der Waals surface area contributed by atoms with E-state index in [4.69, 9.17) is 0 Å². The first kappa shape index (κ1) is 11.4. The molecule has 0 bridgehead atoms. The maximum atomic E-state index is 10.5. The molecule has 1 aliphatic rings. The number of carbonyl (C=O) groups is 1. The second kappa shape index (κ2) is 4.81. The molecular formula is C12H15BNO2. The molecule has 0 fully saturated rings. The average molecular weight is 216 g/mol. The van der Waals surface area contributed by atoms with E-state index in [1.54, 1.807) is 7.41 Å². The Morgan fingerprint density at radius 1 is 1.62 bits per heavy atom. The molecule has 2 rings (SSSR count). The smallest absolute Gasteiger partial charge is 0.293 e. The Morgan fingerprint density at radius 3 is 3.12 bits per heavy atom. The van der Waals surface area contributed by atoms with Crippen LogP contribution in [0.1, 0.15) is 29.7 Å². The molecule has 83 valence electrons. The summed E-state index contributed by atoms with van der Waals surface area (Å²) in [5.41, 5.74) is 3.47. The van der Waals surface area contributed by atoms with Crippen molar-refractivity contribution in [3.63, 3.8) is 0 Å².